The molecule has 0 radical (unpaired) electrons. The van der Waals surface area contributed by atoms with Crippen molar-refractivity contribution in [3.05, 3.63) is 44.6 Å². The second-order valence-electron chi connectivity index (χ2n) is 2.63. The predicted molar refractivity (Wildman–Crippen MR) is 59.4 cm³/mol. The zero-order chi connectivity index (χ0) is 10.1. The summed E-state index contributed by atoms with van der Waals surface area (Å²) in [4.78, 5) is 0. The van der Waals surface area contributed by atoms with Gasteiger partial charge in [-0.25, -0.2) is 4.39 Å². The molecule has 5 heteroatoms. The molecule has 14 heavy (non-hydrogen) atoms. The molecule has 0 aliphatic heterocycles. The minimum absolute atomic E-state index is 0.369. The standard InChI is InChI=1S/C9H5ClFNS2/c10-6-1-2-8(7(11)5-6)12-3-4-14-9(12)13/h1-5H. The van der Waals surface area contributed by atoms with Gasteiger partial charge in [-0.1, -0.05) is 11.6 Å². The van der Waals surface area contributed by atoms with Gasteiger partial charge in [-0.2, -0.15) is 0 Å². The van der Waals surface area contributed by atoms with E-state index in [2.05, 4.69) is 0 Å². The van der Waals surface area contributed by atoms with Crippen LogP contribution >= 0.6 is 35.2 Å². The molecule has 1 heterocycles. The minimum atomic E-state index is -0.369. The fraction of sp³-hybridized carbons (Fsp3) is 0. The van der Waals surface area contributed by atoms with Crippen LogP contribution in [-0.4, -0.2) is 4.57 Å². The fourth-order valence-electron chi connectivity index (χ4n) is 1.12. The molecule has 0 saturated heterocycles. The van der Waals surface area contributed by atoms with Crippen LogP contribution in [0, 0.1) is 9.77 Å². The molecule has 0 atom stereocenters. The van der Waals surface area contributed by atoms with Gasteiger partial charge in [0.15, 0.2) is 3.95 Å². The molecular formula is C9H5ClFNS2. The summed E-state index contributed by atoms with van der Waals surface area (Å²) in [7, 11) is 0. The van der Waals surface area contributed by atoms with Crippen molar-refractivity contribution in [2.24, 2.45) is 0 Å². The van der Waals surface area contributed by atoms with E-state index in [1.165, 1.54) is 17.4 Å². The zero-order valence-electron chi connectivity index (χ0n) is 6.91. The molecule has 1 aromatic heterocycles. The minimum Gasteiger partial charge on any atom is -0.296 e. The molecule has 1 aromatic carbocycles. The Morgan fingerprint density at radius 2 is 2.21 bits per heavy atom. The van der Waals surface area contributed by atoms with Gasteiger partial charge in [-0.15, -0.1) is 11.3 Å². The molecule has 0 amide bonds. The summed E-state index contributed by atoms with van der Waals surface area (Å²) in [6.45, 7) is 0. The maximum Gasteiger partial charge on any atom is 0.165 e. The van der Waals surface area contributed by atoms with E-state index in [0.717, 1.165) is 0 Å². The molecule has 0 fully saturated rings. The van der Waals surface area contributed by atoms with E-state index in [1.54, 1.807) is 22.9 Å². The first-order valence-corrected chi connectivity index (χ1v) is 5.46. The SMILES string of the molecule is Fc1cc(Cl)ccc1-n1ccsc1=S. The first-order chi connectivity index (χ1) is 6.68. The van der Waals surface area contributed by atoms with Crippen LogP contribution in [0.15, 0.2) is 29.8 Å². The molecule has 0 unspecified atom stereocenters. The normalized spacial score (nSPS) is 10.4. The number of halogens is 2. The fourth-order valence-corrected chi connectivity index (χ4v) is 2.18. The summed E-state index contributed by atoms with van der Waals surface area (Å²) < 4.78 is 15.7. The summed E-state index contributed by atoms with van der Waals surface area (Å²) in [5, 5.41) is 2.20. The number of thiazole rings is 1. The van der Waals surface area contributed by atoms with Gasteiger partial charge in [-0.3, -0.25) is 4.57 Å². The second kappa shape index (κ2) is 3.81. The molecule has 0 aliphatic carbocycles. The Kier molecular flexibility index (Phi) is 2.67. The van der Waals surface area contributed by atoms with Crippen molar-refractivity contribution in [2.45, 2.75) is 0 Å². The summed E-state index contributed by atoms with van der Waals surface area (Å²) in [6.07, 6.45) is 1.74. The molecule has 0 aliphatic rings. The highest BCUT2D eigenvalue weighted by Gasteiger charge is 2.05. The van der Waals surface area contributed by atoms with Gasteiger partial charge in [0.05, 0.1) is 5.69 Å². The van der Waals surface area contributed by atoms with Crippen molar-refractivity contribution < 1.29 is 4.39 Å². The molecule has 72 valence electrons. The Balaban J connectivity index is 2.63. The van der Waals surface area contributed by atoms with Crippen LogP contribution in [-0.2, 0) is 0 Å². The largest absolute Gasteiger partial charge is 0.296 e. The van der Waals surface area contributed by atoms with Crippen LogP contribution in [0.3, 0.4) is 0 Å². The number of rotatable bonds is 1. The van der Waals surface area contributed by atoms with Gasteiger partial charge < -0.3 is 0 Å². The maximum absolute atomic E-state index is 13.4. The van der Waals surface area contributed by atoms with E-state index in [9.17, 15) is 4.39 Å². The predicted octanol–water partition coefficient (Wildman–Crippen LogP) is 4.06. The summed E-state index contributed by atoms with van der Waals surface area (Å²) in [5.41, 5.74) is 0.431. The third-order valence-corrected chi connectivity index (χ3v) is 3.12. The Hall–Kier alpha value is -0.710. The lowest BCUT2D eigenvalue weighted by atomic mass is 10.3. The van der Waals surface area contributed by atoms with Gasteiger partial charge in [0.1, 0.15) is 5.82 Å². The topological polar surface area (TPSA) is 4.93 Å². The highest BCUT2D eigenvalue weighted by atomic mass is 35.5. The lowest BCUT2D eigenvalue weighted by molar-refractivity contribution is 0.618. The van der Waals surface area contributed by atoms with E-state index < -0.39 is 0 Å². The Morgan fingerprint density at radius 1 is 1.43 bits per heavy atom. The summed E-state index contributed by atoms with van der Waals surface area (Å²) >= 11 is 12.1. The van der Waals surface area contributed by atoms with E-state index in [4.69, 9.17) is 23.8 Å². The van der Waals surface area contributed by atoms with Crippen LogP contribution in [0.4, 0.5) is 4.39 Å². The Labute approximate surface area is 94.4 Å². The number of benzene rings is 1. The van der Waals surface area contributed by atoms with Gasteiger partial charge in [0.25, 0.3) is 0 Å². The Morgan fingerprint density at radius 3 is 2.79 bits per heavy atom. The third-order valence-electron chi connectivity index (χ3n) is 1.74. The quantitative estimate of drug-likeness (QED) is 0.686. The lowest BCUT2D eigenvalue weighted by Crippen LogP contribution is -1.94. The number of hydrogen-bond donors (Lipinski definition) is 0. The van der Waals surface area contributed by atoms with Gasteiger partial charge >= 0.3 is 0 Å². The summed E-state index contributed by atoms with van der Waals surface area (Å²) in [6, 6.07) is 4.52. The monoisotopic (exact) mass is 245 g/mol. The highest BCUT2D eigenvalue weighted by Crippen LogP contribution is 2.20. The molecule has 2 aromatic rings. The smallest absolute Gasteiger partial charge is 0.165 e. The number of hydrogen-bond acceptors (Lipinski definition) is 2. The molecule has 0 N–H and O–H groups in total. The third kappa shape index (κ3) is 1.73. The van der Waals surface area contributed by atoms with Crippen molar-refractivity contribution >= 4 is 35.2 Å². The van der Waals surface area contributed by atoms with Crippen LogP contribution in [0.5, 0.6) is 0 Å². The zero-order valence-corrected chi connectivity index (χ0v) is 9.30. The van der Waals surface area contributed by atoms with Crippen molar-refractivity contribution in [1.29, 1.82) is 0 Å². The van der Waals surface area contributed by atoms with Crippen LogP contribution in [0.2, 0.25) is 5.02 Å². The molecule has 2 rings (SSSR count). The first kappa shape index (κ1) is 9.83. The summed E-state index contributed by atoms with van der Waals surface area (Å²) in [5.74, 6) is -0.369. The number of aromatic nitrogens is 1. The van der Waals surface area contributed by atoms with Crippen molar-refractivity contribution in [2.75, 3.05) is 0 Å². The van der Waals surface area contributed by atoms with Crippen molar-refractivity contribution in [3.63, 3.8) is 0 Å². The van der Waals surface area contributed by atoms with Crippen molar-refractivity contribution in [1.82, 2.24) is 4.57 Å². The van der Waals surface area contributed by atoms with E-state index in [0.29, 0.717) is 14.7 Å². The molecule has 0 spiro atoms. The average molecular weight is 246 g/mol. The second-order valence-corrected chi connectivity index (χ2v) is 4.61. The van der Waals surface area contributed by atoms with Gasteiger partial charge in [-0.05, 0) is 30.4 Å². The molecular weight excluding hydrogens is 241 g/mol. The van der Waals surface area contributed by atoms with Crippen LogP contribution in [0.25, 0.3) is 5.69 Å². The molecule has 0 saturated carbocycles. The van der Waals surface area contributed by atoms with Gasteiger partial charge in [0, 0.05) is 16.6 Å². The number of nitrogens with zero attached hydrogens (tertiary/aromatic N) is 1. The van der Waals surface area contributed by atoms with E-state index in [1.807, 2.05) is 5.38 Å². The molecule has 0 bridgehead atoms. The van der Waals surface area contributed by atoms with Gasteiger partial charge in [0.2, 0.25) is 0 Å². The lowest BCUT2D eigenvalue weighted by Gasteiger charge is -2.03. The first-order valence-electron chi connectivity index (χ1n) is 3.80. The van der Waals surface area contributed by atoms with Crippen LogP contribution < -0.4 is 0 Å². The molecule has 1 nitrogen and oxygen atoms in total. The van der Waals surface area contributed by atoms with Crippen LogP contribution in [0.1, 0.15) is 0 Å². The van der Waals surface area contributed by atoms with E-state index in [-0.39, 0.29) is 5.82 Å². The highest BCUT2D eigenvalue weighted by molar-refractivity contribution is 7.73. The van der Waals surface area contributed by atoms with E-state index >= 15 is 0 Å². The average Bonchev–Trinajstić information content (AvgIpc) is 2.52. The Bertz CT molecular complexity index is 518. The van der Waals surface area contributed by atoms with Crippen molar-refractivity contribution in [3.8, 4) is 5.69 Å². The maximum atomic E-state index is 13.4.